The lowest BCUT2D eigenvalue weighted by molar-refractivity contribution is 0.0206. The van der Waals surface area contributed by atoms with Gasteiger partial charge >= 0.3 is 0 Å². The van der Waals surface area contributed by atoms with E-state index in [9.17, 15) is 0 Å². The van der Waals surface area contributed by atoms with Crippen LogP contribution in [0.4, 0.5) is 0 Å². The molecule has 1 N–H and O–H groups in total. The second kappa shape index (κ2) is 9.79. The van der Waals surface area contributed by atoms with E-state index in [-0.39, 0.29) is 5.54 Å². The second-order valence-corrected chi connectivity index (χ2v) is 8.71. The lowest BCUT2D eigenvalue weighted by Gasteiger charge is -2.49. The Balaban J connectivity index is 1.74. The fourth-order valence-corrected chi connectivity index (χ4v) is 4.65. The molecule has 0 radical (unpaired) electrons. The van der Waals surface area contributed by atoms with Gasteiger partial charge in [0.1, 0.15) is 0 Å². The van der Waals surface area contributed by atoms with Gasteiger partial charge in [0.25, 0.3) is 0 Å². The number of guanidine groups is 1. The van der Waals surface area contributed by atoms with Gasteiger partial charge in [-0.3, -0.25) is 9.89 Å². The molecular formula is C22H40N6. The van der Waals surface area contributed by atoms with E-state index in [1.807, 2.05) is 0 Å². The molecule has 0 bridgehead atoms. The molecule has 0 unspecified atom stereocenters. The van der Waals surface area contributed by atoms with Crippen LogP contribution in [0.1, 0.15) is 44.7 Å². The molecular weight excluding hydrogens is 348 g/mol. The van der Waals surface area contributed by atoms with E-state index in [4.69, 9.17) is 4.99 Å². The van der Waals surface area contributed by atoms with Gasteiger partial charge in [0.05, 0.1) is 13.1 Å². The zero-order chi connectivity index (χ0) is 20.0. The molecule has 2 aliphatic heterocycles. The van der Waals surface area contributed by atoms with Gasteiger partial charge in [0.15, 0.2) is 5.96 Å². The van der Waals surface area contributed by atoms with E-state index in [1.54, 1.807) is 0 Å². The number of likely N-dealkylation sites (tertiary alicyclic amines) is 2. The standard InChI is InChI=1S/C22H40N6/c1-5-23-21(27(4)18-20-10-9-13-26(20)3)24-19-22(11-16-25(2)17-12-22)28-14-7-6-8-15-28/h9-10,13H,5-8,11-12,14-19H2,1-4H3,(H,23,24). The summed E-state index contributed by atoms with van der Waals surface area (Å²) in [5.41, 5.74) is 1.54. The quantitative estimate of drug-likeness (QED) is 0.600. The van der Waals surface area contributed by atoms with Gasteiger partial charge in [-0.15, -0.1) is 0 Å². The van der Waals surface area contributed by atoms with Gasteiger partial charge in [-0.25, -0.2) is 0 Å². The van der Waals surface area contributed by atoms with Crippen molar-refractivity contribution in [1.29, 1.82) is 0 Å². The third kappa shape index (κ3) is 5.09. The van der Waals surface area contributed by atoms with Gasteiger partial charge in [-0.2, -0.15) is 0 Å². The Labute approximate surface area is 171 Å². The first-order chi connectivity index (χ1) is 13.5. The van der Waals surface area contributed by atoms with E-state index in [1.165, 1.54) is 64.0 Å². The largest absolute Gasteiger partial charge is 0.357 e. The monoisotopic (exact) mass is 388 g/mol. The molecule has 6 heteroatoms. The highest BCUT2D eigenvalue weighted by Crippen LogP contribution is 2.31. The van der Waals surface area contributed by atoms with Crippen molar-refractivity contribution in [3.63, 3.8) is 0 Å². The number of rotatable bonds is 6. The van der Waals surface area contributed by atoms with Crippen LogP contribution in [-0.4, -0.2) is 84.1 Å². The minimum absolute atomic E-state index is 0.236. The molecule has 1 aromatic rings. The number of aliphatic imine (C=N–C) groups is 1. The minimum Gasteiger partial charge on any atom is -0.357 e. The summed E-state index contributed by atoms with van der Waals surface area (Å²) < 4.78 is 2.19. The molecule has 1 aromatic heterocycles. The van der Waals surface area contributed by atoms with Crippen LogP contribution in [0.25, 0.3) is 0 Å². The van der Waals surface area contributed by atoms with Gasteiger partial charge < -0.3 is 19.7 Å². The SMILES string of the molecule is CCNC(=NCC1(N2CCCCC2)CCN(C)CC1)N(C)Cc1cccn1C. The third-order valence-corrected chi connectivity index (χ3v) is 6.61. The summed E-state index contributed by atoms with van der Waals surface area (Å²) in [5, 5.41) is 3.52. The van der Waals surface area contributed by atoms with Gasteiger partial charge in [-0.1, -0.05) is 6.42 Å². The van der Waals surface area contributed by atoms with E-state index in [0.29, 0.717) is 0 Å². The van der Waals surface area contributed by atoms with E-state index < -0.39 is 0 Å². The Hall–Kier alpha value is -1.53. The van der Waals surface area contributed by atoms with Crippen LogP contribution in [0.5, 0.6) is 0 Å². The van der Waals surface area contributed by atoms with Gasteiger partial charge in [0, 0.05) is 38.1 Å². The van der Waals surface area contributed by atoms with Crippen molar-refractivity contribution in [2.45, 2.75) is 51.1 Å². The number of nitrogens with zero attached hydrogens (tertiary/aromatic N) is 5. The summed E-state index contributed by atoms with van der Waals surface area (Å²) in [6.07, 6.45) is 8.64. The smallest absolute Gasteiger partial charge is 0.194 e. The molecule has 0 aromatic carbocycles. The Bertz CT molecular complexity index is 623. The highest BCUT2D eigenvalue weighted by molar-refractivity contribution is 5.79. The lowest BCUT2D eigenvalue weighted by Crippen LogP contribution is -2.58. The maximum atomic E-state index is 5.18. The normalized spacial score (nSPS) is 21.6. The Morgan fingerprint density at radius 3 is 2.46 bits per heavy atom. The Kier molecular flexibility index (Phi) is 7.41. The molecule has 2 saturated heterocycles. The predicted molar refractivity (Wildman–Crippen MR) is 118 cm³/mol. The average molecular weight is 389 g/mol. The average Bonchev–Trinajstić information content (AvgIpc) is 3.12. The maximum absolute atomic E-state index is 5.18. The summed E-state index contributed by atoms with van der Waals surface area (Å²) in [7, 11) is 6.51. The first kappa shape index (κ1) is 21.2. The van der Waals surface area contributed by atoms with Crippen molar-refractivity contribution in [3.05, 3.63) is 24.0 Å². The molecule has 2 fully saturated rings. The van der Waals surface area contributed by atoms with Crippen molar-refractivity contribution in [2.24, 2.45) is 12.0 Å². The number of hydrogen-bond acceptors (Lipinski definition) is 3. The van der Waals surface area contributed by atoms with Crippen molar-refractivity contribution < 1.29 is 0 Å². The summed E-state index contributed by atoms with van der Waals surface area (Å²) in [6.45, 7) is 9.68. The van der Waals surface area contributed by atoms with Crippen LogP contribution in [0.15, 0.2) is 23.3 Å². The Morgan fingerprint density at radius 1 is 1.14 bits per heavy atom. The van der Waals surface area contributed by atoms with Crippen LogP contribution in [-0.2, 0) is 13.6 Å². The highest BCUT2D eigenvalue weighted by atomic mass is 15.3. The first-order valence-electron chi connectivity index (χ1n) is 11.1. The summed E-state index contributed by atoms with van der Waals surface area (Å²) in [5.74, 6) is 1.03. The van der Waals surface area contributed by atoms with Gasteiger partial charge in [-0.05, 0) is 78.0 Å². The fraction of sp³-hybridized carbons (Fsp3) is 0.773. The number of nitrogens with one attached hydrogen (secondary N) is 1. The van der Waals surface area contributed by atoms with Gasteiger partial charge in [0.2, 0.25) is 0 Å². The van der Waals surface area contributed by atoms with E-state index in [0.717, 1.165) is 25.6 Å². The molecule has 158 valence electrons. The van der Waals surface area contributed by atoms with Crippen LogP contribution in [0.3, 0.4) is 0 Å². The zero-order valence-electron chi connectivity index (χ0n) is 18.5. The maximum Gasteiger partial charge on any atom is 0.194 e. The summed E-state index contributed by atoms with van der Waals surface area (Å²) in [6, 6.07) is 4.30. The lowest BCUT2D eigenvalue weighted by atomic mass is 9.84. The topological polar surface area (TPSA) is 39.0 Å². The van der Waals surface area contributed by atoms with Crippen molar-refractivity contribution in [1.82, 2.24) is 24.6 Å². The molecule has 0 atom stereocenters. The van der Waals surface area contributed by atoms with E-state index in [2.05, 4.69) is 71.0 Å². The summed E-state index contributed by atoms with van der Waals surface area (Å²) in [4.78, 5) is 12.7. The molecule has 0 spiro atoms. The predicted octanol–water partition coefficient (Wildman–Crippen LogP) is 2.37. The van der Waals surface area contributed by atoms with Crippen molar-refractivity contribution >= 4 is 5.96 Å². The number of hydrogen-bond donors (Lipinski definition) is 1. The minimum atomic E-state index is 0.236. The Morgan fingerprint density at radius 2 is 1.86 bits per heavy atom. The van der Waals surface area contributed by atoms with Crippen LogP contribution < -0.4 is 5.32 Å². The van der Waals surface area contributed by atoms with Crippen molar-refractivity contribution in [2.75, 3.05) is 53.4 Å². The van der Waals surface area contributed by atoms with E-state index >= 15 is 0 Å². The second-order valence-electron chi connectivity index (χ2n) is 8.71. The number of aryl methyl sites for hydroxylation is 1. The molecule has 2 aliphatic rings. The first-order valence-corrected chi connectivity index (χ1v) is 11.1. The molecule has 0 amide bonds. The fourth-order valence-electron chi connectivity index (χ4n) is 4.65. The molecule has 6 nitrogen and oxygen atoms in total. The number of piperidine rings is 2. The van der Waals surface area contributed by atoms with Crippen molar-refractivity contribution in [3.8, 4) is 0 Å². The van der Waals surface area contributed by atoms with Crippen LogP contribution in [0, 0.1) is 0 Å². The van der Waals surface area contributed by atoms with Crippen LogP contribution >= 0.6 is 0 Å². The highest BCUT2D eigenvalue weighted by Gasteiger charge is 2.39. The molecule has 3 rings (SSSR count). The molecule has 3 heterocycles. The third-order valence-electron chi connectivity index (χ3n) is 6.61. The number of aromatic nitrogens is 1. The molecule has 0 aliphatic carbocycles. The zero-order valence-corrected chi connectivity index (χ0v) is 18.5. The summed E-state index contributed by atoms with van der Waals surface area (Å²) >= 11 is 0. The molecule has 28 heavy (non-hydrogen) atoms. The molecule has 0 saturated carbocycles. The van der Waals surface area contributed by atoms with Crippen LogP contribution in [0.2, 0.25) is 0 Å².